The van der Waals surface area contributed by atoms with Crippen molar-refractivity contribution in [3.8, 4) is 11.5 Å². The quantitative estimate of drug-likeness (QED) is 0.738. The maximum absolute atomic E-state index is 11.3. The van der Waals surface area contributed by atoms with Gasteiger partial charge in [0.05, 0.1) is 11.6 Å². The Hall–Kier alpha value is -1.56. The SMILES string of the molecule is CCOC(=O)COc1ccc(Sc2ccc(O)cc2)c(Cl)c1Cl. The molecule has 0 aliphatic heterocycles. The lowest BCUT2D eigenvalue weighted by Gasteiger charge is -2.11. The van der Waals surface area contributed by atoms with Crippen LogP contribution in [0.15, 0.2) is 46.2 Å². The van der Waals surface area contributed by atoms with Crippen LogP contribution in [0.25, 0.3) is 0 Å². The molecule has 4 nitrogen and oxygen atoms in total. The van der Waals surface area contributed by atoms with Crippen LogP contribution >= 0.6 is 35.0 Å². The molecule has 0 bridgehead atoms. The average Bonchev–Trinajstić information content (AvgIpc) is 2.53. The second-order valence-electron chi connectivity index (χ2n) is 4.38. The third kappa shape index (κ3) is 4.96. The molecule has 0 unspecified atom stereocenters. The lowest BCUT2D eigenvalue weighted by molar-refractivity contribution is -0.145. The van der Waals surface area contributed by atoms with Gasteiger partial charge < -0.3 is 14.6 Å². The summed E-state index contributed by atoms with van der Waals surface area (Å²) in [7, 11) is 0. The number of rotatable bonds is 6. The van der Waals surface area contributed by atoms with Gasteiger partial charge in [-0.1, -0.05) is 35.0 Å². The standard InChI is InChI=1S/C16H14Cl2O4S/c1-2-21-14(20)9-22-12-7-8-13(16(18)15(12)17)23-11-5-3-10(19)4-6-11/h3-8,19H,2,9H2,1H3. The van der Waals surface area contributed by atoms with Crippen molar-refractivity contribution in [3.05, 3.63) is 46.4 Å². The zero-order valence-electron chi connectivity index (χ0n) is 12.2. The third-order valence-corrected chi connectivity index (χ3v) is 4.77. The summed E-state index contributed by atoms with van der Waals surface area (Å²) in [5.74, 6) is 0.0446. The van der Waals surface area contributed by atoms with Gasteiger partial charge in [-0.3, -0.25) is 0 Å². The number of hydrogen-bond acceptors (Lipinski definition) is 5. The van der Waals surface area contributed by atoms with E-state index in [4.69, 9.17) is 32.7 Å². The van der Waals surface area contributed by atoms with E-state index in [1.807, 2.05) is 0 Å². The molecule has 23 heavy (non-hydrogen) atoms. The van der Waals surface area contributed by atoms with Crippen LogP contribution in [-0.2, 0) is 9.53 Å². The minimum Gasteiger partial charge on any atom is -0.508 e. The van der Waals surface area contributed by atoms with E-state index in [1.165, 1.54) is 11.8 Å². The summed E-state index contributed by atoms with van der Waals surface area (Å²) in [6, 6.07) is 10.1. The van der Waals surface area contributed by atoms with Crippen molar-refractivity contribution < 1.29 is 19.4 Å². The minimum absolute atomic E-state index is 0.196. The molecule has 0 atom stereocenters. The van der Waals surface area contributed by atoms with Gasteiger partial charge in [-0.25, -0.2) is 4.79 Å². The van der Waals surface area contributed by atoms with Crippen molar-refractivity contribution in [2.75, 3.05) is 13.2 Å². The molecule has 0 radical (unpaired) electrons. The van der Waals surface area contributed by atoms with E-state index in [2.05, 4.69) is 0 Å². The van der Waals surface area contributed by atoms with E-state index in [-0.39, 0.29) is 17.4 Å². The smallest absolute Gasteiger partial charge is 0.344 e. The molecule has 2 rings (SSSR count). The lowest BCUT2D eigenvalue weighted by Crippen LogP contribution is -2.14. The molecule has 0 heterocycles. The first-order valence-corrected chi connectivity index (χ1v) is 8.31. The van der Waals surface area contributed by atoms with Crippen molar-refractivity contribution in [2.24, 2.45) is 0 Å². The maximum Gasteiger partial charge on any atom is 0.344 e. The first kappa shape index (κ1) is 17.8. The summed E-state index contributed by atoms with van der Waals surface area (Å²) in [6.07, 6.45) is 0. The molecule has 0 amide bonds. The Kier molecular flexibility index (Phi) is 6.45. The number of benzene rings is 2. The molecule has 0 saturated carbocycles. The van der Waals surface area contributed by atoms with Gasteiger partial charge >= 0.3 is 5.97 Å². The highest BCUT2D eigenvalue weighted by molar-refractivity contribution is 7.99. The van der Waals surface area contributed by atoms with Crippen molar-refractivity contribution in [3.63, 3.8) is 0 Å². The Morgan fingerprint density at radius 1 is 1.13 bits per heavy atom. The van der Waals surface area contributed by atoms with Crippen LogP contribution in [0.3, 0.4) is 0 Å². The highest BCUT2D eigenvalue weighted by Gasteiger charge is 2.14. The number of aromatic hydroxyl groups is 1. The van der Waals surface area contributed by atoms with E-state index in [0.29, 0.717) is 17.4 Å². The number of ether oxygens (including phenoxy) is 2. The minimum atomic E-state index is -0.470. The zero-order valence-corrected chi connectivity index (χ0v) is 14.5. The van der Waals surface area contributed by atoms with Crippen LogP contribution in [0.4, 0.5) is 0 Å². The Bertz CT molecular complexity index is 689. The zero-order chi connectivity index (χ0) is 16.8. The monoisotopic (exact) mass is 372 g/mol. The molecule has 122 valence electrons. The second kappa shape index (κ2) is 8.34. The van der Waals surface area contributed by atoms with E-state index >= 15 is 0 Å². The molecule has 0 aromatic heterocycles. The first-order valence-electron chi connectivity index (χ1n) is 6.74. The van der Waals surface area contributed by atoms with Gasteiger partial charge in [0.15, 0.2) is 6.61 Å². The molecule has 2 aromatic rings. The molecule has 7 heteroatoms. The van der Waals surface area contributed by atoms with Gasteiger partial charge in [-0.2, -0.15) is 0 Å². The molecular formula is C16H14Cl2O4S. The average molecular weight is 373 g/mol. The maximum atomic E-state index is 11.3. The summed E-state index contributed by atoms with van der Waals surface area (Å²) in [6.45, 7) is 1.78. The summed E-state index contributed by atoms with van der Waals surface area (Å²) >= 11 is 13.8. The number of esters is 1. The summed E-state index contributed by atoms with van der Waals surface area (Å²) in [4.78, 5) is 12.9. The fraction of sp³-hybridized carbons (Fsp3) is 0.188. The molecule has 0 fully saturated rings. The molecule has 0 aliphatic carbocycles. The highest BCUT2D eigenvalue weighted by Crippen LogP contribution is 2.41. The Labute approximate surface area is 148 Å². The van der Waals surface area contributed by atoms with Crippen LogP contribution in [0, 0.1) is 0 Å². The van der Waals surface area contributed by atoms with Gasteiger partial charge in [0.25, 0.3) is 0 Å². The molecular weight excluding hydrogens is 359 g/mol. The first-order chi connectivity index (χ1) is 11.0. The fourth-order valence-electron chi connectivity index (χ4n) is 1.68. The van der Waals surface area contributed by atoms with Crippen molar-refractivity contribution >= 4 is 40.9 Å². The largest absolute Gasteiger partial charge is 0.508 e. The number of carbonyl (C=O) groups is 1. The number of phenols is 1. The molecule has 0 spiro atoms. The van der Waals surface area contributed by atoms with Gasteiger partial charge in [0.2, 0.25) is 0 Å². The Morgan fingerprint density at radius 3 is 2.48 bits per heavy atom. The molecule has 1 N–H and O–H groups in total. The molecule has 0 saturated heterocycles. The third-order valence-electron chi connectivity index (χ3n) is 2.73. The van der Waals surface area contributed by atoms with Gasteiger partial charge in [0.1, 0.15) is 16.5 Å². The van der Waals surface area contributed by atoms with Gasteiger partial charge in [-0.15, -0.1) is 0 Å². The summed E-state index contributed by atoms with van der Waals surface area (Å²) < 4.78 is 10.1. The normalized spacial score (nSPS) is 10.4. The van der Waals surface area contributed by atoms with Crippen LogP contribution < -0.4 is 4.74 Å². The van der Waals surface area contributed by atoms with Crippen LogP contribution in [0.5, 0.6) is 11.5 Å². The van der Waals surface area contributed by atoms with E-state index < -0.39 is 5.97 Å². The Morgan fingerprint density at radius 2 is 1.83 bits per heavy atom. The number of carbonyl (C=O) groups excluding carboxylic acids is 1. The number of hydrogen-bond donors (Lipinski definition) is 1. The van der Waals surface area contributed by atoms with E-state index in [9.17, 15) is 9.90 Å². The van der Waals surface area contributed by atoms with Crippen LogP contribution in [-0.4, -0.2) is 24.3 Å². The van der Waals surface area contributed by atoms with Crippen molar-refractivity contribution in [1.29, 1.82) is 0 Å². The predicted molar refractivity (Wildman–Crippen MR) is 90.8 cm³/mol. The van der Waals surface area contributed by atoms with Crippen LogP contribution in [0.2, 0.25) is 10.0 Å². The number of phenolic OH excluding ortho intramolecular Hbond substituents is 1. The molecule has 2 aromatic carbocycles. The lowest BCUT2D eigenvalue weighted by atomic mass is 10.3. The van der Waals surface area contributed by atoms with Crippen LogP contribution in [0.1, 0.15) is 6.92 Å². The Balaban J connectivity index is 2.10. The topological polar surface area (TPSA) is 55.8 Å². The van der Waals surface area contributed by atoms with Crippen molar-refractivity contribution in [1.82, 2.24) is 0 Å². The summed E-state index contributed by atoms with van der Waals surface area (Å²) in [5.41, 5.74) is 0. The van der Waals surface area contributed by atoms with Crippen molar-refractivity contribution in [2.45, 2.75) is 16.7 Å². The fourth-order valence-corrected chi connectivity index (χ4v) is 3.09. The van der Waals surface area contributed by atoms with E-state index in [0.717, 1.165) is 9.79 Å². The van der Waals surface area contributed by atoms with Gasteiger partial charge in [-0.05, 0) is 43.3 Å². The summed E-state index contributed by atoms with van der Waals surface area (Å²) in [5, 5.41) is 9.86. The predicted octanol–water partition coefficient (Wildman–Crippen LogP) is 4.79. The molecule has 0 aliphatic rings. The second-order valence-corrected chi connectivity index (χ2v) is 6.25. The van der Waals surface area contributed by atoms with E-state index in [1.54, 1.807) is 43.3 Å². The number of halogens is 2. The van der Waals surface area contributed by atoms with Gasteiger partial charge in [0, 0.05) is 9.79 Å². The highest BCUT2D eigenvalue weighted by atomic mass is 35.5.